The topological polar surface area (TPSA) is 0 Å². The first-order valence-corrected chi connectivity index (χ1v) is 14.6. The molecule has 1 heteroatoms. The first-order chi connectivity index (χ1) is 17.0. The van der Waals surface area contributed by atoms with Gasteiger partial charge in [-0.25, -0.2) is 0 Å². The number of hydrogen-bond donors (Lipinski definition) is 0. The van der Waals surface area contributed by atoms with Crippen molar-refractivity contribution in [2.24, 2.45) is 0 Å². The first kappa shape index (κ1) is 34.5. The van der Waals surface area contributed by atoms with Gasteiger partial charge in [0.25, 0.3) is 0 Å². The second-order valence-corrected chi connectivity index (χ2v) is 11.8. The van der Waals surface area contributed by atoms with Gasteiger partial charge in [0, 0.05) is 0 Å². The Morgan fingerprint density at radius 3 is 1.11 bits per heavy atom. The van der Waals surface area contributed by atoms with Gasteiger partial charge < -0.3 is 0 Å². The number of rotatable bonds is 18. The van der Waals surface area contributed by atoms with Crippen molar-refractivity contribution in [2.75, 3.05) is 0 Å². The fourth-order valence-corrected chi connectivity index (χ4v) is 4.30. The maximum atomic E-state index is 6.62. The number of alkyl halides is 1. The van der Waals surface area contributed by atoms with Crippen molar-refractivity contribution < 1.29 is 0 Å². The third-order valence-corrected chi connectivity index (χ3v) is 6.74. The zero-order valence-corrected chi connectivity index (χ0v) is 26.0. The van der Waals surface area contributed by atoms with Gasteiger partial charge in [-0.3, -0.25) is 0 Å². The van der Waals surface area contributed by atoms with E-state index in [-0.39, 0.29) is 5.38 Å². The lowest BCUT2D eigenvalue weighted by Crippen LogP contribution is -1.94. The van der Waals surface area contributed by atoms with Crippen LogP contribution in [-0.2, 0) is 0 Å². The Morgan fingerprint density at radius 2 is 0.750 bits per heavy atom. The van der Waals surface area contributed by atoms with E-state index in [0.717, 1.165) is 57.8 Å². The van der Waals surface area contributed by atoms with E-state index in [0.29, 0.717) is 0 Å². The fourth-order valence-electron chi connectivity index (χ4n) is 4.00. The summed E-state index contributed by atoms with van der Waals surface area (Å²) in [5.41, 5.74) is 10.2. The van der Waals surface area contributed by atoms with Gasteiger partial charge in [0.15, 0.2) is 0 Å². The van der Waals surface area contributed by atoms with Crippen molar-refractivity contribution >= 4 is 11.6 Å². The highest BCUT2D eigenvalue weighted by atomic mass is 35.5. The van der Waals surface area contributed by atoms with E-state index in [9.17, 15) is 0 Å². The van der Waals surface area contributed by atoms with E-state index in [1.54, 1.807) is 0 Å². The first-order valence-electron chi connectivity index (χ1n) is 14.2. The molecule has 36 heavy (non-hydrogen) atoms. The molecule has 0 aromatic carbocycles. The molecule has 1 unspecified atom stereocenters. The van der Waals surface area contributed by atoms with E-state index in [2.05, 4.69) is 105 Å². The van der Waals surface area contributed by atoms with Gasteiger partial charge in [0.1, 0.15) is 0 Å². The molecule has 0 heterocycles. The molecule has 1 atom stereocenters. The Morgan fingerprint density at radius 1 is 0.444 bits per heavy atom. The molecule has 0 saturated carbocycles. The minimum absolute atomic E-state index is 0.0887. The summed E-state index contributed by atoms with van der Waals surface area (Å²) in [5.74, 6) is 0. The third-order valence-electron chi connectivity index (χ3n) is 6.43. The van der Waals surface area contributed by atoms with Crippen LogP contribution >= 0.6 is 11.6 Å². The monoisotopic (exact) mass is 512 g/mol. The number of halogens is 1. The molecule has 204 valence electrons. The lowest BCUT2D eigenvalue weighted by Gasteiger charge is -2.06. The Labute approximate surface area is 231 Å². The van der Waals surface area contributed by atoms with Crippen molar-refractivity contribution in [3.05, 3.63) is 81.5 Å². The van der Waals surface area contributed by atoms with Gasteiger partial charge in [-0.2, -0.15) is 0 Å². The largest absolute Gasteiger partial charge is 0.118 e. The maximum absolute atomic E-state index is 6.62. The lowest BCUT2D eigenvalue weighted by atomic mass is 10.0. The maximum Gasteiger partial charge on any atom is 0.0553 e. The summed E-state index contributed by atoms with van der Waals surface area (Å²) in [7, 11) is 0. The highest BCUT2D eigenvalue weighted by Gasteiger charge is 2.01. The van der Waals surface area contributed by atoms with Gasteiger partial charge in [0.2, 0.25) is 0 Å². The summed E-state index contributed by atoms with van der Waals surface area (Å²) in [5, 5.41) is 0.0887. The molecule has 0 aliphatic rings. The predicted molar refractivity (Wildman–Crippen MR) is 168 cm³/mol. The van der Waals surface area contributed by atoms with Crippen LogP contribution in [0.25, 0.3) is 0 Å². The van der Waals surface area contributed by atoms with Crippen molar-refractivity contribution in [1.29, 1.82) is 0 Å². The van der Waals surface area contributed by atoms with Crippen LogP contribution < -0.4 is 0 Å². The standard InChI is InChI=1S/C35H57Cl/c1-28(2)15-10-17-30(5)19-12-20-32(7)22-14-24-34(9)27-35(36)26-25-33(8)23-13-21-31(6)18-11-16-29(3)4/h15-16,19,21-22,25,27,35H,10-14,17-18,20,23-24,26H2,1-9H3. The molecule has 0 aromatic heterocycles. The molecule has 0 nitrogen and oxygen atoms in total. The molecule has 0 aliphatic carbocycles. The number of allylic oxidation sites excluding steroid dienone is 14. The molecule has 0 rings (SSSR count). The average molecular weight is 513 g/mol. The molecule has 0 amide bonds. The van der Waals surface area contributed by atoms with Crippen LogP contribution in [0.15, 0.2) is 81.5 Å². The van der Waals surface area contributed by atoms with Crippen LogP contribution in [0.3, 0.4) is 0 Å². The second kappa shape index (κ2) is 21.5. The summed E-state index contributed by atoms with van der Waals surface area (Å²) in [6.45, 7) is 19.9. The lowest BCUT2D eigenvalue weighted by molar-refractivity contribution is 0.892. The second-order valence-electron chi connectivity index (χ2n) is 11.2. The smallest absolute Gasteiger partial charge is 0.0553 e. The van der Waals surface area contributed by atoms with E-state index in [1.807, 2.05) is 0 Å². The van der Waals surface area contributed by atoms with Gasteiger partial charge in [-0.15, -0.1) is 11.6 Å². The molecule has 0 aromatic rings. The van der Waals surface area contributed by atoms with E-state index in [1.165, 1.54) is 51.9 Å². The molecular formula is C35H57Cl. The van der Waals surface area contributed by atoms with E-state index >= 15 is 0 Å². The molecule has 0 spiro atoms. The van der Waals surface area contributed by atoms with Crippen molar-refractivity contribution in [3.63, 3.8) is 0 Å². The normalized spacial score (nSPS) is 14.7. The molecule has 0 bridgehead atoms. The Bertz CT molecular complexity index is 815. The van der Waals surface area contributed by atoms with Crippen LogP contribution in [0.4, 0.5) is 0 Å². The Hall–Kier alpha value is -1.53. The SMILES string of the molecule is CC(C)=CCCC(C)=CCCC(C)=CCCC(C)=CC(Cl)CC=C(C)CCC=C(C)CCC=C(C)C. The Balaban J connectivity index is 4.28. The van der Waals surface area contributed by atoms with Crippen molar-refractivity contribution in [2.45, 2.75) is 138 Å². The predicted octanol–water partition coefficient (Wildman–Crippen LogP) is 12.5. The van der Waals surface area contributed by atoms with E-state index < -0.39 is 0 Å². The summed E-state index contributed by atoms with van der Waals surface area (Å²) < 4.78 is 0. The van der Waals surface area contributed by atoms with Gasteiger partial charge in [0.05, 0.1) is 5.38 Å². The number of hydrogen-bond acceptors (Lipinski definition) is 0. The van der Waals surface area contributed by atoms with Crippen LogP contribution in [-0.4, -0.2) is 5.38 Å². The summed E-state index contributed by atoms with van der Waals surface area (Å²) in [6, 6.07) is 0. The summed E-state index contributed by atoms with van der Waals surface area (Å²) in [6.07, 6.45) is 28.8. The molecule has 0 saturated heterocycles. The zero-order valence-electron chi connectivity index (χ0n) is 25.3. The summed E-state index contributed by atoms with van der Waals surface area (Å²) >= 11 is 6.62. The average Bonchev–Trinajstić information content (AvgIpc) is 2.77. The molecule has 0 radical (unpaired) electrons. The minimum Gasteiger partial charge on any atom is -0.118 e. The quantitative estimate of drug-likeness (QED) is 0.126. The highest BCUT2D eigenvalue weighted by molar-refractivity contribution is 6.21. The highest BCUT2D eigenvalue weighted by Crippen LogP contribution is 2.17. The van der Waals surface area contributed by atoms with Crippen LogP contribution in [0.1, 0.15) is 133 Å². The molecule has 0 aliphatic heterocycles. The molecule has 0 fully saturated rings. The van der Waals surface area contributed by atoms with Crippen molar-refractivity contribution in [1.82, 2.24) is 0 Å². The van der Waals surface area contributed by atoms with E-state index in [4.69, 9.17) is 11.6 Å². The van der Waals surface area contributed by atoms with Crippen LogP contribution in [0.5, 0.6) is 0 Å². The van der Waals surface area contributed by atoms with Crippen LogP contribution in [0.2, 0.25) is 0 Å². The molecule has 0 N–H and O–H groups in total. The minimum atomic E-state index is 0.0887. The molecular weight excluding hydrogens is 456 g/mol. The van der Waals surface area contributed by atoms with Crippen LogP contribution in [0, 0.1) is 0 Å². The zero-order chi connectivity index (χ0) is 27.3. The van der Waals surface area contributed by atoms with Gasteiger partial charge >= 0.3 is 0 Å². The third kappa shape index (κ3) is 22.9. The Kier molecular flexibility index (Phi) is 20.6. The van der Waals surface area contributed by atoms with Gasteiger partial charge in [-0.1, -0.05) is 81.5 Å². The summed E-state index contributed by atoms with van der Waals surface area (Å²) in [4.78, 5) is 0. The van der Waals surface area contributed by atoms with Gasteiger partial charge in [-0.05, 0) is 133 Å². The fraction of sp³-hybridized carbons (Fsp3) is 0.600. The van der Waals surface area contributed by atoms with Crippen molar-refractivity contribution in [3.8, 4) is 0 Å².